The molecule has 5 aliphatic rings. The molecule has 0 radical (unpaired) electrons. The molecule has 1 unspecified atom stereocenters. The van der Waals surface area contributed by atoms with Gasteiger partial charge in [-0.05, 0) is 67.9 Å². The van der Waals surface area contributed by atoms with Crippen LogP contribution in [-0.2, 0) is 24.9 Å². The fourth-order valence-corrected chi connectivity index (χ4v) is 6.73. The summed E-state index contributed by atoms with van der Waals surface area (Å²) in [4.78, 5) is 29.3. The summed E-state index contributed by atoms with van der Waals surface area (Å²) in [6, 6.07) is 5.51. The molecular formula is C19H22F3O7P. The Hall–Kier alpha value is -1.16. The Morgan fingerprint density at radius 1 is 1.07 bits per heavy atom. The molecular weight excluding hydrogens is 428 g/mol. The van der Waals surface area contributed by atoms with E-state index < -0.39 is 32.0 Å². The molecule has 0 amide bonds. The predicted octanol–water partition coefficient (Wildman–Crippen LogP) is 4.05. The van der Waals surface area contributed by atoms with Gasteiger partial charge in [-0.15, -0.1) is 0 Å². The molecule has 0 aromatic heterocycles. The van der Waals surface area contributed by atoms with Crippen molar-refractivity contribution in [3.63, 3.8) is 0 Å². The first-order chi connectivity index (χ1) is 14.0. The van der Waals surface area contributed by atoms with Gasteiger partial charge in [-0.3, -0.25) is 9.79 Å². The first kappa shape index (κ1) is 20.7. The van der Waals surface area contributed by atoms with E-state index in [1.807, 2.05) is 0 Å². The van der Waals surface area contributed by atoms with Gasteiger partial charge in [-0.2, -0.15) is 18.1 Å². The largest absolute Gasteiger partial charge is 0.524 e. The molecule has 1 aromatic rings. The molecule has 6 rings (SSSR count). The first-order valence-corrected chi connectivity index (χ1v) is 11.5. The van der Waals surface area contributed by atoms with Gasteiger partial charge in [0.25, 0.3) is 5.79 Å². The van der Waals surface area contributed by atoms with E-state index in [9.17, 15) is 17.7 Å². The third-order valence-corrected chi connectivity index (χ3v) is 7.49. The average molecular weight is 450 g/mol. The minimum absolute atomic E-state index is 0.0120. The second-order valence-corrected chi connectivity index (χ2v) is 10.1. The van der Waals surface area contributed by atoms with E-state index in [0.717, 1.165) is 32.1 Å². The van der Waals surface area contributed by atoms with E-state index in [1.54, 1.807) is 0 Å². The van der Waals surface area contributed by atoms with E-state index in [1.165, 1.54) is 24.3 Å². The van der Waals surface area contributed by atoms with Crippen molar-refractivity contribution < 1.29 is 46.6 Å². The molecule has 5 fully saturated rings. The van der Waals surface area contributed by atoms with Gasteiger partial charge in [0.1, 0.15) is 12.4 Å². The van der Waals surface area contributed by atoms with Crippen molar-refractivity contribution >= 4 is 7.82 Å². The van der Waals surface area contributed by atoms with Crippen LogP contribution in [0.1, 0.15) is 37.7 Å². The Bertz CT molecular complexity index is 857. The maximum Gasteiger partial charge on any atom is 0.524 e. The van der Waals surface area contributed by atoms with Crippen molar-refractivity contribution in [2.75, 3.05) is 6.61 Å². The third-order valence-electron chi connectivity index (χ3n) is 7.04. The topological polar surface area (TPSA) is 94.5 Å². The highest BCUT2D eigenvalue weighted by Gasteiger charge is 2.77. The molecule has 4 bridgehead atoms. The zero-order valence-electron chi connectivity index (χ0n) is 15.9. The zero-order valence-corrected chi connectivity index (χ0v) is 16.8. The lowest BCUT2D eigenvalue weighted by Crippen LogP contribution is -2.77. The maximum atomic E-state index is 13.1. The molecule has 1 aromatic carbocycles. The van der Waals surface area contributed by atoms with E-state index in [-0.39, 0.29) is 23.1 Å². The fraction of sp³-hybridized carbons (Fsp3) is 0.684. The Balaban J connectivity index is 1.56. The van der Waals surface area contributed by atoms with Gasteiger partial charge < -0.3 is 9.26 Å². The van der Waals surface area contributed by atoms with Crippen molar-refractivity contribution in [3.8, 4) is 5.75 Å². The van der Waals surface area contributed by atoms with Gasteiger partial charge in [0, 0.05) is 5.56 Å². The van der Waals surface area contributed by atoms with Crippen LogP contribution in [0.2, 0.25) is 0 Å². The summed E-state index contributed by atoms with van der Waals surface area (Å²) in [6.45, 7) is -1.53. The molecule has 1 atom stereocenters. The number of ether oxygens (including phenoxy) is 1. The van der Waals surface area contributed by atoms with Crippen LogP contribution in [0.4, 0.5) is 13.2 Å². The minimum atomic E-state index is -4.85. The lowest BCUT2D eigenvalue weighted by molar-refractivity contribution is -0.650. The van der Waals surface area contributed by atoms with Crippen LogP contribution in [0.5, 0.6) is 5.75 Å². The lowest BCUT2D eigenvalue weighted by atomic mass is 9.47. The van der Waals surface area contributed by atoms with Crippen molar-refractivity contribution in [3.05, 3.63) is 29.8 Å². The van der Waals surface area contributed by atoms with E-state index >= 15 is 0 Å². The molecule has 166 valence electrons. The molecule has 1 heterocycles. The summed E-state index contributed by atoms with van der Waals surface area (Å²) in [5.74, 6) is -0.965. The third kappa shape index (κ3) is 3.20. The van der Waals surface area contributed by atoms with Gasteiger partial charge in [-0.25, -0.2) is 9.45 Å². The van der Waals surface area contributed by atoms with Gasteiger partial charge in [0.2, 0.25) is 0 Å². The zero-order chi connectivity index (χ0) is 21.4. The Morgan fingerprint density at radius 2 is 1.70 bits per heavy atom. The highest BCUT2D eigenvalue weighted by molar-refractivity contribution is 7.46. The first-order valence-electron chi connectivity index (χ1n) is 9.94. The monoisotopic (exact) mass is 450 g/mol. The highest BCUT2D eigenvalue weighted by atomic mass is 31.2. The van der Waals surface area contributed by atoms with E-state index in [2.05, 4.69) is 4.52 Å². The number of rotatable bonds is 5. The van der Waals surface area contributed by atoms with Gasteiger partial charge >= 0.3 is 14.0 Å². The van der Waals surface area contributed by atoms with Gasteiger partial charge in [0.15, 0.2) is 5.60 Å². The molecule has 1 saturated heterocycles. The number of hydrogen-bond donors (Lipinski definition) is 2. The fourth-order valence-electron chi connectivity index (χ4n) is 6.34. The number of benzene rings is 1. The van der Waals surface area contributed by atoms with Crippen LogP contribution >= 0.6 is 7.82 Å². The summed E-state index contributed by atoms with van der Waals surface area (Å²) in [6.07, 6.45) is -0.0817. The minimum Gasteiger partial charge on any atom is -0.404 e. The number of phosphoric acid groups is 1. The van der Waals surface area contributed by atoms with Crippen LogP contribution in [-0.4, -0.2) is 28.2 Å². The van der Waals surface area contributed by atoms with Crippen LogP contribution in [0.25, 0.3) is 0 Å². The van der Waals surface area contributed by atoms with Gasteiger partial charge in [-0.1, -0.05) is 12.1 Å². The molecule has 30 heavy (non-hydrogen) atoms. The predicted molar refractivity (Wildman–Crippen MR) is 94.7 cm³/mol. The van der Waals surface area contributed by atoms with E-state index in [0.29, 0.717) is 11.8 Å². The molecule has 7 nitrogen and oxygen atoms in total. The standard InChI is InChI=1S/C19H22F3O7P/c20-17(21,22)10-26-19(13-2-1-3-16(9-13)27-30(23,24)25)18(28-29-19)14-5-11-4-12(7-14)8-15(18)6-11/h1-3,9,11-12,14-15H,4-8,10H2,(H2,23,24,25). The number of alkyl halides is 3. The summed E-state index contributed by atoms with van der Waals surface area (Å²) >= 11 is 0. The smallest absolute Gasteiger partial charge is 0.404 e. The molecule has 2 N–H and O–H groups in total. The maximum absolute atomic E-state index is 13.1. The molecule has 11 heteroatoms. The van der Waals surface area contributed by atoms with Crippen molar-refractivity contribution in [2.24, 2.45) is 23.7 Å². The normalized spacial score (nSPS) is 39.9. The number of phosphoric ester groups is 1. The Labute approximate surface area is 170 Å². The van der Waals surface area contributed by atoms with Crippen LogP contribution in [0.3, 0.4) is 0 Å². The second kappa shape index (κ2) is 6.67. The quantitative estimate of drug-likeness (QED) is 0.516. The number of halogens is 3. The molecule has 4 saturated carbocycles. The number of hydrogen-bond acceptors (Lipinski definition) is 5. The van der Waals surface area contributed by atoms with Crippen molar-refractivity contribution in [1.82, 2.24) is 0 Å². The highest BCUT2D eigenvalue weighted by Crippen LogP contribution is 2.69. The molecule has 1 spiro atoms. The van der Waals surface area contributed by atoms with Crippen LogP contribution in [0.15, 0.2) is 24.3 Å². The Morgan fingerprint density at radius 3 is 2.20 bits per heavy atom. The Kier molecular flexibility index (Phi) is 4.61. The summed E-state index contributed by atoms with van der Waals surface area (Å²) in [5, 5.41) is 0. The summed E-state index contributed by atoms with van der Waals surface area (Å²) < 4.78 is 60.7. The van der Waals surface area contributed by atoms with Crippen molar-refractivity contribution in [2.45, 2.75) is 49.7 Å². The van der Waals surface area contributed by atoms with Gasteiger partial charge in [0.05, 0.1) is 0 Å². The molecule has 4 aliphatic carbocycles. The average Bonchev–Trinajstić information content (AvgIpc) is 2.58. The SMILES string of the molecule is O=P(O)(O)Oc1cccc(C2(OCC(F)(F)F)OOC23C2CC4CC(C2)CC3C4)c1. The summed E-state index contributed by atoms with van der Waals surface area (Å²) in [5.41, 5.74) is -0.872. The van der Waals surface area contributed by atoms with Crippen molar-refractivity contribution in [1.29, 1.82) is 0 Å². The van der Waals surface area contributed by atoms with E-state index in [4.69, 9.17) is 24.3 Å². The lowest BCUT2D eigenvalue weighted by Gasteiger charge is -2.68. The van der Waals surface area contributed by atoms with Crippen LogP contribution in [0, 0.1) is 23.7 Å². The van der Waals surface area contributed by atoms with Crippen LogP contribution < -0.4 is 4.52 Å². The molecule has 1 aliphatic heterocycles. The second-order valence-electron chi connectivity index (χ2n) is 8.89. The summed E-state index contributed by atoms with van der Waals surface area (Å²) in [7, 11) is -4.85.